The van der Waals surface area contributed by atoms with E-state index in [9.17, 15) is 15.0 Å². The standard InChI is InChI=1S/C19H30O3/c1-18-7-5-12(20)9-11(18)10-15(21)17-13-3-4-16(22)19(13,2)8-6-14(17)18/h11-15,17,20-21H,3-10H2,1-2H3/t11?,12?,13-,14-,15+,17-,18-,19-/m0/s1. The number of hydrogen-bond donors (Lipinski definition) is 2. The van der Waals surface area contributed by atoms with Crippen LogP contribution in [0.25, 0.3) is 0 Å². The molecule has 4 rings (SSSR count). The van der Waals surface area contributed by atoms with Gasteiger partial charge >= 0.3 is 0 Å². The molecule has 0 aromatic heterocycles. The van der Waals surface area contributed by atoms with Crippen molar-refractivity contribution in [3.05, 3.63) is 0 Å². The Hall–Kier alpha value is -0.410. The van der Waals surface area contributed by atoms with Crippen LogP contribution in [0.2, 0.25) is 0 Å². The van der Waals surface area contributed by atoms with Crippen LogP contribution in [0.3, 0.4) is 0 Å². The van der Waals surface area contributed by atoms with Crippen molar-refractivity contribution in [2.75, 3.05) is 0 Å². The van der Waals surface area contributed by atoms with Gasteiger partial charge in [-0.2, -0.15) is 0 Å². The Morgan fingerprint density at radius 2 is 1.77 bits per heavy atom. The third-order valence-electron chi connectivity index (χ3n) is 8.36. The molecule has 3 nitrogen and oxygen atoms in total. The van der Waals surface area contributed by atoms with Gasteiger partial charge in [-0.1, -0.05) is 13.8 Å². The summed E-state index contributed by atoms with van der Waals surface area (Å²) in [6.45, 7) is 4.57. The average molecular weight is 306 g/mol. The van der Waals surface area contributed by atoms with Crippen molar-refractivity contribution >= 4 is 5.78 Å². The van der Waals surface area contributed by atoms with Gasteiger partial charge in [0.1, 0.15) is 5.78 Å². The lowest BCUT2D eigenvalue weighted by Crippen LogP contribution is -2.58. The number of aliphatic hydroxyl groups is 2. The van der Waals surface area contributed by atoms with Gasteiger partial charge in [0.25, 0.3) is 0 Å². The maximum atomic E-state index is 12.4. The molecular formula is C19H30O3. The second kappa shape index (κ2) is 4.80. The maximum absolute atomic E-state index is 12.4. The fourth-order valence-corrected chi connectivity index (χ4v) is 6.97. The molecule has 0 saturated heterocycles. The summed E-state index contributed by atoms with van der Waals surface area (Å²) in [6.07, 6.45) is 7.03. The van der Waals surface area contributed by atoms with Gasteiger partial charge < -0.3 is 10.2 Å². The highest BCUT2D eigenvalue weighted by molar-refractivity contribution is 5.87. The largest absolute Gasteiger partial charge is 0.393 e. The Labute approximate surface area is 133 Å². The van der Waals surface area contributed by atoms with Crippen LogP contribution < -0.4 is 0 Å². The van der Waals surface area contributed by atoms with E-state index < -0.39 is 0 Å². The van der Waals surface area contributed by atoms with E-state index in [-0.39, 0.29) is 23.0 Å². The summed E-state index contributed by atoms with van der Waals surface area (Å²) in [4.78, 5) is 12.4. The third kappa shape index (κ3) is 1.84. The van der Waals surface area contributed by atoms with Gasteiger partial charge in [0.15, 0.2) is 0 Å². The molecule has 0 radical (unpaired) electrons. The van der Waals surface area contributed by atoms with Crippen LogP contribution in [0.15, 0.2) is 0 Å². The van der Waals surface area contributed by atoms with Crippen molar-refractivity contribution in [3.8, 4) is 0 Å². The number of rotatable bonds is 0. The first-order chi connectivity index (χ1) is 10.4. The number of aliphatic hydroxyl groups excluding tert-OH is 2. The molecule has 22 heavy (non-hydrogen) atoms. The van der Waals surface area contributed by atoms with Crippen molar-refractivity contribution in [1.82, 2.24) is 0 Å². The fourth-order valence-electron chi connectivity index (χ4n) is 6.97. The first-order valence-corrected chi connectivity index (χ1v) is 9.25. The summed E-state index contributed by atoms with van der Waals surface area (Å²) in [6, 6.07) is 0. The van der Waals surface area contributed by atoms with Crippen LogP contribution >= 0.6 is 0 Å². The first-order valence-electron chi connectivity index (χ1n) is 9.25. The van der Waals surface area contributed by atoms with Gasteiger partial charge in [0.05, 0.1) is 12.2 Å². The van der Waals surface area contributed by atoms with Crippen LogP contribution in [0.4, 0.5) is 0 Å². The molecule has 4 aliphatic carbocycles. The van der Waals surface area contributed by atoms with Crippen LogP contribution in [0, 0.1) is 34.5 Å². The summed E-state index contributed by atoms with van der Waals surface area (Å²) in [7, 11) is 0. The van der Waals surface area contributed by atoms with Crippen LogP contribution in [-0.4, -0.2) is 28.2 Å². The third-order valence-corrected chi connectivity index (χ3v) is 8.36. The monoisotopic (exact) mass is 306 g/mol. The summed E-state index contributed by atoms with van der Waals surface area (Å²) in [5.41, 5.74) is 0.0929. The molecular weight excluding hydrogens is 276 g/mol. The molecule has 0 aromatic rings. The SMILES string of the molecule is C[C@]12CCC(O)CC1C[C@@H](O)[C@@H]1[C@@H]2CC[C@]2(C)C(=O)CC[C@@H]12. The zero-order valence-electron chi connectivity index (χ0n) is 13.9. The van der Waals surface area contributed by atoms with Crippen LogP contribution in [-0.2, 0) is 4.79 Å². The summed E-state index contributed by atoms with van der Waals surface area (Å²) in [5.74, 6) is 2.13. The van der Waals surface area contributed by atoms with E-state index in [2.05, 4.69) is 13.8 Å². The number of hydrogen-bond acceptors (Lipinski definition) is 3. The van der Waals surface area contributed by atoms with Gasteiger partial charge in [0.2, 0.25) is 0 Å². The molecule has 4 fully saturated rings. The van der Waals surface area contributed by atoms with Crippen molar-refractivity contribution in [3.63, 3.8) is 0 Å². The summed E-state index contributed by atoms with van der Waals surface area (Å²) < 4.78 is 0. The highest BCUT2D eigenvalue weighted by Gasteiger charge is 2.62. The quantitative estimate of drug-likeness (QED) is 0.723. The predicted octanol–water partition coefficient (Wildman–Crippen LogP) is 2.93. The molecule has 0 aromatic carbocycles. The minimum atomic E-state index is -0.274. The lowest BCUT2D eigenvalue weighted by atomic mass is 9.44. The van der Waals surface area contributed by atoms with Gasteiger partial charge in [-0.05, 0) is 74.0 Å². The Morgan fingerprint density at radius 1 is 1.00 bits per heavy atom. The molecule has 0 bridgehead atoms. The van der Waals surface area contributed by atoms with E-state index in [4.69, 9.17) is 0 Å². The molecule has 124 valence electrons. The number of fused-ring (bicyclic) bond motifs is 5. The minimum Gasteiger partial charge on any atom is -0.393 e. The summed E-state index contributed by atoms with van der Waals surface area (Å²) >= 11 is 0. The smallest absolute Gasteiger partial charge is 0.139 e. The summed E-state index contributed by atoms with van der Waals surface area (Å²) in [5, 5.41) is 20.9. The zero-order chi connectivity index (χ0) is 15.7. The van der Waals surface area contributed by atoms with Gasteiger partial charge in [0, 0.05) is 11.8 Å². The Kier molecular flexibility index (Phi) is 3.30. The molecule has 0 heterocycles. The lowest BCUT2D eigenvalue weighted by Gasteiger charge is -2.61. The van der Waals surface area contributed by atoms with Crippen molar-refractivity contribution < 1.29 is 15.0 Å². The highest BCUT2D eigenvalue weighted by Crippen LogP contribution is 2.65. The molecule has 8 atom stereocenters. The Balaban J connectivity index is 1.69. The Morgan fingerprint density at radius 3 is 2.55 bits per heavy atom. The van der Waals surface area contributed by atoms with E-state index in [0.29, 0.717) is 29.5 Å². The molecule has 4 aliphatic rings. The van der Waals surface area contributed by atoms with E-state index in [1.54, 1.807) is 0 Å². The molecule has 4 saturated carbocycles. The lowest BCUT2D eigenvalue weighted by molar-refractivity contribution is -0.171. The van der Waals surface area contributed by atoms with Crippen LogP contribution in [0.1, 0.15) is 65.2 Å². The van der Waals surface area contributed by atoms with E-state index in [0.717, 1.165) is 51.4 Å². The van der Waals surface area contributed by atoms with Gasteiger partial charge in [-0.25, -0.2) is 0 Å². The van der Waals surface area contributed by atoms with E-state index in [1.165, 1.54) is 0 Å². The van der Waals surface area contributed by atoms with Gasteiger partial charge in [-0.15, -0.1) is 0 Å². The first kappa shape index (κ1) is 15.1. The molecule has 0 aliphatic heterocycles. The maximum Gasteiger partial charge on any atom is 0.139 e. The second-order valence-corrected chi connectivity index (χ2v) is 9.14. The molecule has 2 unspecified atom stereocenters. The van der Waals surface area contributed by atoms with Gasteiger partial charge in [-0.3, -0.25) is 4.79 Å². The number of carbonyl (C=O) groups is 1. The van der Waals surface area contributed by atoms with E-state index in [1.807, 2.05) is 0 Å². The Bertz CT molecular complexity index is 489. The number of ketones is 1. The number of Topliss-reactive ketones (excluding diaryl/α,β-unsaturated/α-hetero) is 1. The average Bonchev–Trinajstić information content (AvgIpc) is 2.77. The molecule has 0 spiro atoms. The second-order valence-electron chi connectivity index (χ2n) is 9.14. The molecule has 2 N–H and O–H groups in total. The molecule has 3 heteroatoms. The van der Waals surface area contributed by atoms with Crippen molar-refractivity contribution in [2.45, 2.75) is 77.4 Å². The normalized spacial score (nSPS) is 57.9. The van der Waals surface area contributed by atoms with Crippen LogP contribution in [0.5, 0.6) is 0 Å². The zero-order valence-corrected chi connectivity index (χ0v) is 13.9. The topological polar surface area (TPSA) is 57.5 Å². The fraction of sp³-hybridized carbons (Fsp3) is 0.947. The predicted molar refractivity (Wildman–Crippen MR) is 84.1 cm³/mol. The highest BCUT2D eigenvalue weighted by atomic mass is 16.3. The van der Waals surface area contributed by atoms with Crippen molar-refractivity contribution in [2.24, 2.45) is 34.5 Å². The van der Waals surface area contributed by atoms with Crippen molar-refractivity contribution in [1.29, 1.82) is 0 Å². The molecule has 0 amide bonds. The minimum absolute atomic E-state index is 0.167. The number of carbonyl (C=O) groups excluding carboxylic acids is 1. The van der Waals surface area contributed by atoms with E-state index >= 15 is 0 Å².